The number of pyridine rings is 1. The van der Waals surface area contributed by atoms with Crippen molar-refractivity contribution in [1.82, 2.24) is 15.2 Å². The topological polar surface area (TPSA) is 74.8 Å². The molecule has 0 atom stereocenters. The van der Waals surface area contributed by atoms with E-state index in [0.717, 1.165) is 48.8 Å². The lowest BCUT2D eigenvalue weighted by Gasteiger charge is -2.34. The minimum atomic E-state index is -0.0278. The van der Waals surface area contributed by atoms with Gasteiger partial charge in [-0.3, -0.25) is 9.59 Å². The van der Waals surface area contributed by atoms with Gasteiger partial charge in [0.25, 0.3) is 5.91 Å². The molecule has 1 aromatic carbocycles. The number of carbonyl (C=O) groups is 2. The Bertz CT molecular complexity index is 1030. The fraction of sp³-hybridized carbons (Fsp3) is 0.435. The summed E-state index contributed by atoms with van der Waals surface area (Å²) in [6.07, 6.45) is 2.01. The highest BCUT2D eigenvalue weighted by Crippen LogP contribution is 2.30. The second kappa shape index (κ2) is 7.31. The first-order valence-electron chi connectivity index (χ1n) is 10.6. The molecule has 2 amide bonds. The Morgan fingerprint density at radius 3 is 2.70 bits per heavy atom. The summed E-state index contributed by atoms with van der Waals surface area (Å²) >= 11 is 0. The second-order valence-corrected chi connectivity index (χ2v) is 8.42. The number of carbonyl (C=O) groups excluding carboxylic acids is 2. The number of aryl methyl sites for hydroxylation is 1. The third-order valence-corrected chi connectivity index (χ3v) is 6.32. The Labute approximate surface area is 176 Å². The number of piperidine rings is 1. The van der Waals surface area contributed by atoms with Crippen molar-refractivity contribution in [2.75, 3.05) is 18.0 Å². The first-order valence-corrected chi connectivity index (χ1v) is 10.6. The van der Waals surface area contributed by atoms with Gasteiger partial charge in [0.2, 0.25) is 5.91 Å². The molecule has 0 bridgehead atoms. The molecule has 2 aromatic rings. The van der Waals surface area contributed by atoms with Gasteiger partial charge in [0.1, 0.15) is 17.7 Å². The molecule has 0 spiro atoms. The molecule has 3 aliphatic rings. The van der Waals surface area contributed by atoms with Crippen LogP contribution in [0, 0.1) is 6.92 Å². The van der Waals surface area contributed by atoms with Gasteiger partial charge in [0, 0.05) is 45.9 Å². The molecule has 1 fully saturated rings. The summed E-state index contributed by atoms with van der Waals surface area (Å²) in [6, 6.07) is 8.14. The molecule has 30 heavy (non-hydrogen) atoms. The SMILES string of the molecule is CC(=O)N1Cc2ccc(OC3CCN(c4nc5c(cc4C)C(=O)NC5)CC3)cc2C1. The Kier molecular flexibility index (Phi) is 4.60. The van der Waals surface area contributed by atoms with Crippen LogP contribution in [0.15, 0.2) is 24.3 Å². The zero-order valence-electron chi connectivity index (χ0n) is 17.4. The van der Waals surface area contributed by atoms with Crippen molar-refractivity contribution in [2.24, 2.45) is 0 Å². The van der Waals surface area contributed by atoms with E-state index in [1.165, 1.54) is 11.1 Å². The third-order valence-electron chi connectivity index (χ3n) is 6.32. The van der Waals surface area contributed by atoms with Crippen LogP contribution in [-0.4, -0.2) is 40.9 Å². The maximum atomic E-state index is 11.8. The van der Waals surface area contributed by atoms with E-state index in [0.29, 0.717) is 25.2 Å². The highest BCUT2D eigenvalue weighted by molar-refractivity contribution is 5.98. The van der Waals surface area contributed by atoms with E-state index in [4.69, 9.17) is 9.72 Å². The number of nitrogens with zero attached hydrogens (tertiary/aromatic N) is 3. The molecule has 7 nitrogen and oxygen atoms in total. The van der Waals surface area contributed by atoms with Crippen molar-refractivity contribution < 1.29 is 14.3 Å². The summed E-state index contributed by atoms with van der Waals surface area (Å²) in [5, 5.41) is 2.84. The number of rotatable bonds is 3. The highest BCUT2D eigenvalue weighted by atomic mass is 16.5. The molecule has 5 rings (SSSR count). The Balaban J connectivity index is 1.22. The van der Waals surface area contributed by atoms with E-state index >= 15 is 0 Å². The Morgan fingerprint density at radius 2 is 1.93 bits per heavy atom. The van der Waals surface area contributed by atoms with Gasteiger partial charge in [-0.15, -0.1) is 0 Å². The van der Waals surface area contributed by atoms with Crippen LogP contribution in [0.3, 0.4) is 0 Å². The summed E-state index contributed by atoms with van der Waals surface area (Å²) in [5.41, 5.74) is 4.98. The van der Waals surface area contributed by atoms with Gasteiger partial charge < -0.3 is 19.9 Å². The summed E-state index contributed by atoms with van der Waals surface area (Å²) in [4.78, 5) is 32.4. The zero-order chi connectivity index (χ0) is 20.8. The predicted octanol–water partition coefficient (Wildman–Crippen LogP) is 2.54. The van der Waals surface area contributed by atoms with Gasteiger partial charge in [0.15, 0.2) is 0 Å². The average Bonchev–Trinajstić information content (AvgIpc) is 3.32. The summed E-state index contributed by atoms with van der Waals surface area (Å²) in [7, 11) is 0. The lowest BCUT2D eigenvalue weighted by molar-refractivity contribution is -0.129. The van der Waals surface area contributed by atoms with Gasteiger partial charge in [-0.2, -0.15) is 0 Å². The summed E-state index contributed by atoms with van der Waals surface area (Å²) < 4.78 is 6.27. The first-order chi connectivity index (χ1) is 14.5. The monoisotopic (exact) mass is 406 g/mol. The molecular formula is C23H26N4O3. The van der Waals surface area contributed by atoms with Crippen LogP contribution < -0.4 is 15.0 Å². The number of ether oxygens (including phenoxy) is 1. The second-order valence-electron chi connectivity index (χ2n) is 8.42. The Hall–Kier alpha value is -3.09. The smallest absolute Gasteiger partial charge is 0.253 e. The van der Waals surface area contributed by atoms with Crippen LogP contribution in [0.25, 0.3) is 0 Å². The maximum Gasteiger partial charge on any atom is 0.253 e. The van der Waals surface area contributed by atoms with Crippen molar-refractivity contribution >= 4 is 17.6 Å². The lowest BCUT2D eigenvalue weighted by atomic mass is 10.1. The molecule has 7 heteroatoms. The molecule has 1 aromatic heterocycles. The molecule has 4 heterocycles. The highest BCUT2D eigenvalue weighted by Gasteiger charge is 2.27. The molecule has 156 valence electrons. The number of hydrogen-bond donors (Lipinski definition) is 1. The molecular weight excluding hydrogens is 380 g/mol. The fourth-order valence-electron chi connectivity index (χ4n) is 4.60. The molecule has 3 aliphatic heterocycles. The molecule has 0 unspecified atom stereocenters. The van der Waals surface area contributed by atoms with Crippen LogP contribution in [-0.2, 0) is 24.4 Å². The van der Waals surface area contributed by atoms with Crippen molar-refractivity contribution in [3.8, 4) is 5.75 Å². The quantitative estimate of drug-likeness (QED) is 0.848. The van der Waals surface area contributed by atoms with Gasteiger partial charge in [-0.25, -0.2) is 4.98 Å². The van der Waals surface area contributed by atoms with Gasteiger partial charge in [-0.05, 0) is 41.8 Å². The van der Waals surface area contributed by atoms with Crippen molar-refractivity contribution in [3.63, 3.8) is 0 Å². The summed E-state index contributed by atoms with van der Waals surface area (Å²) in [5.74, 6) is 1.94. The molecule has 0 saturated carbocycles. The number of hydrogen-bond acceptors (Lipinski definition) is 5. The normalized spacial score (nSPS) is 18.3. The van der Waals surface area contributed by atoms with Crippen molar-refractivity contribution in [3.05, 3.63) is 52.2 Å². The molecule has 0 aliphatic carbocycles. The van der Waals surface area contributed by atoms with E-state index < -0.39 is 0 Å². The number of fused-ring (bicyclic) bond motifs is 2. The van der Waals surface area contributed by atoms with E-state index in [2.05, 4.69) is 22.3 Å². The molecule has 0 radical (unpaired) electrons. The van der Waals surface area contributed by atoms with E-state index in [-0.39, 0.29) is 17.9 Å². The molecule has 1 saturated heterocycles. The van der Waals surface area contributed by atoms with Gasteiger partial charge in [-0.1, -0.05) is 6.07 Å². The van der Waals surface area contributed by atoms with Crippen molar-refractivity contribution in [1.29, 1.82) is 0 Å². The standard InChI is InChI=1S/C23H26N4O3/c1-14-9-20-21(11-24-23(20)29)25-22(14)26-7-5-18(6-8-26)30-19-4-3-16-12-27(15(2)28)13-17(16)10-19/h3-4,9-10,18H,5-8,11-13H2,1-2H3,(H,24,29). The van der Waals surface area contributed by atoms with E-state index in [1.54, 1.807) is 6.92 Å². The van der Waals surface area contributed by atoms with Crippen LogP contribution in [0.5, 0.6) is 5.75 Å². The third kappa shape index (κ3) is 3.38. The van der Waals surface area contributed by atoms with Crippen LogP contribution in [0.2, 0.25) is 0 Å². The van der Waals surface area contributed by atoms with Gasteiger partial charge in [0.05, 0.1) is 17.8 Å². The van der Waals surface area contributed by atoms with Crippen LogP contribution >= 0.6 is 0 Å². The number of benzene rings is 1. The Morgan fingerprint density at radius 1 is 1.17 bits per heavy atom. The molecule has 1 N–H and O–H groups in total. The number of amides is 2. The van der Waals surface area contributed by atoms with Crippen LogP contribution in [0.1, 0.15) is 52.5 Å². The average molecular weight is 406 g/mol. The first kappa shape index (κ1) is 18.9. The van der Waals surface area contributed by atoms with E-state index in [1.807, 2.05) is 24.0 Å². The van der Waals surface area contributed by atoms with E-state index in [9.17, 15) is 9.59 Å². The zero-order valence-corrected chi connectivity index (χ0v) is 17.4. The minimum Gasteiger partial charge on any atom is -0.490 e. The number of anilines is 1. The fourth-order valence-corrected chi connectivity index (χ4v) is 4.60. The summed E-state index contributed by atoms with van der Waals surface area (Å²) in [6.45, 7) is 7.26. The van der Waals surface area contributed by atoms with Gasteiger partial charge >= 0.3 is 0 Å². The lowest BCUT2D eigenvalue weighted by Crippen LogP contribution is -2.39. The largest absolute Gasteiger partial charge is 0.490 e. The maximum absolute atomic E-state index is 11.8. The van der Waals surface area contributed by atoms with Crippen LogP contribution in [0.4, 0.5) is 5.82 Å². The van der Waals surface area contributed by atoms with Crippen molar-refractivity contribution in [2.45, 2.75) is 52.4 Å². The minimum absolute atomic E-state index is 0.0278. The predicted molar refractivity (Wildman–Crippen MR) is 112 cm³/mol. The number of nitrogens with one attached hydrogen (secondary N) is 1. The number of aromatic nitrogens is 1.